The van der Waals surface area contributed by atoms with E-state index in [0.717, 1.165) is 57.8 Å². The smallest absolute Gasteiger partial charge is 0.472 e. The maximum Gasteiger partial charge on any atom is 0.472 e. The second kappa shape index (κ2) is 39.8. The van der Waals surface area contributed by atoms with Crippen LogP contribution in [0.4, 0.5) is 0 Å². The van der Waals surface area contributed by atoms with E-state index in [4.69, 9.17) is 13.8 Å². The average molecular weight is 816 g/mol. The third kappa shape index (κ3) is 38.8. The molecule has 1 amide bonds. The summed E-state index contributed by atoms with van der Waals surface area (Å²) in [6.07, 6.45) is 40.5. The second-order valence-corrected chi connectivity index (χ2v) is 16.7. The Labute approximate surface area is 340 Å². The Bertz CT molecular complexity index is 1050. The van der Waals surface area contributed by atoms with Crippen molar-refractivity contribution in [1.82, 2.24) is 5.32 Å². The summed E-state index contributed by atoms with van der Waals surface area (Å²) in [4.78, 5) is 45.9. The molecule has 0 radical (unpaired) electrons. The molecule has 0 aliphatic rings. The lowest BCUT2D eigenvalue weighted by Crippen LogP contribution is -2.43. The predicted octanol–water partition coefficient (Wildman–Crippen LogP) is 11.4. The number of rotatable bonds is 42. The maximum absolute atomic E-state index is 12.3. The highest BCUT2D eigenvalue weighted by molar-refractivity contribution is 7.47. The molecule has 0 aromatic rings. The Kier molecular flexibility index (Phi) is 38.3. The molecule has 0 heterocycles. The summed E-state index contributed by atoms with van der Waals surface area (Å²) in [7, 11) is -4.76. The van der Waals surface area contributed by atoms with E-state index in [0.29, 0.717) is 12.8 Å². The summed E-state index contributed by atoms with van der Waals surface area (Å²) in [5.41, 5.74) is 0. The van der Waals surface area contributed by atoms with Gasteiger partial charge in [-0.25, -0.2) is 9.36 Å². The number of hydrogen-bond donors (Lipinski definition) is 4. The van der Waals surface area contributed by atoms with Gasteiger partial charge in [-0.15, -0.1) is 0 Å². The number of hydrogen-bond acceptors (Lipinski definition) is 8. The van der Waals surface area contributed by atoms with E-state index in [1.165, 1.54) is 109 Å². The van der Waals surface area contributed by atoms with Gasteiger partial charge in [0.25, 0.3) is 0 Å². The van der Waals surface area contributed by atoms with Gasteiger partial charge in [0.15, 0.2) is 6.04 Å². The van der Waals surface area contributed by atoms with Crippen LogP contribution in [0.5, 0.6) is 0 Å². The van der Waals surface area contributed by atoms with Crippen LogP contribution in [0, 0.1) is 0 Å². The highest BCUT2D eigenvalue weighted by Gasteiger charge is 2.28. The lowest BCUT2D eigenvalue weighted by atomic mass is 10.0. The third-order valence-corrected chi connectivity index (χ3v) is 10.7. The van der Waals surface area contributed by atoms with Gasteiger partial charge in [0.1, 0.15) is 12.7 Å². The molecule has 3 atom stereocenters. The van der Waals surface area contributed by atoms with E-state index in [9.17, 15) is 34.1 Å². The van der Waals surface area contributed by atoms with Gasteiger partial charge >= 0.3 is 19.8 Å². The highest BCUT2D eigenvalue weighted by Crippen LogP contribution is 2.43. The minimum absolute atomic E-state index is 0.149. The molecule has 0 aliphatic carbocycles. The first-order valence-electron chi connectivity index (χ1n) is 22.4. The van der Waals surface area contributed by atoms with Crippen LogP contribution in [0.15, 0.2) is 24.3 Å². The molecule has 0 fully saturated rings. The van der Waals surface area contributed by atoms with Crippen LogP contribution in [-0.4, -0.2) is 64.9 Å². The van der Waals surface area contributed by atoms with E-state index in [-0.39, 0.29) is 12.8 Å². The molecule has 56 heavy (non-hydrogen) atoms. The van der Waals surface area contributed by atoms with Crippen molar-refractivity contribution >= 4 is 25.7 Å². The Morgan fingerprint density at radius 1 is 0.571 bits per heavy atom. The number of esters is 1. The van der Waals surface area contributed by atoms with E-state index in [1.54, 1.807) is 0 Å². The van der Waals surface area contributed by atoms with E-state index in [1.807, 2.05) is 0 Å². The second-order valence-electron chi connectivity index (χ2n) is 15.2. The molecule has 0 aliphatic heterocycles. The Morgan fingerprint density at radius 2 is 0.982 bits per heavy atom. The summed E-state index contributed by atoms with van der Waals surface area (Å²) in [6.45, 7) is 2.58. The minimum atomic E-state index is -4.76. The van der Waals surface area contributed by atoms with Gasteiger partial charge < -0.3 is 25.2 Å². The van der Waals surface area contributed by atoms with Crippen molar-refractivity contribution in [2.45, 2.75) is 219 Å². The third-order valence-electron chi connectivity index (χ3n) is 9.74. The van der Waals surface area contributed by atoms with E-state index in [2.05, 4.69) is 43.5 Å². The number of nitrogens with one attached hydrogen (secondary N) is 1. The number of carbonyl (C=O) groups is 3. The molecule has 328 valence electrons. The van der Waals surface area contributed by atoms with Gasteiger partial charge in [0, 0.05) is 12.8 Å². The number of aliphatic hydroxyl groups excluding tert-OH is 1. The Morgan fingerprint density at radius 3 is 1.46 bits per heavy atom. The summed E-state index contributed by atoms with van der Waals surface area (Å²) >= 11 is 0. The predicted molar refractivity (Wildman–Crippen MR) is 226 cm³/mol. The maximum atomic E-state index is 12.3. The van der Waals surface area contributed by atoms with Gasteiger partial charge in [-0.1, -0.05) is 173 Å². The standard InChI is InChI=1S/C44H82NO10P/c1-3-5-7-9-11-13-15-17-19-21-23-25-27-29-31-33-35-42(47)45-41(44(49)50)39-55-56(51,52)54-38-40(46)37-53-43(48)36-34-32-30-28-26-24-22-20-18-16-14-12-10-8-6-4-2/h14,16,20,22,40-41,46H,3-13,15,17-19,21,23-39H2,1-2H3,(H,45,47)(H,49,50)(H,51,52)/b16-14-,22-20-. The van der Waals surface area contributed by atoms with Crippen LogP contribution in [0.2, 0.25) is 0 Å². The largest absolute Gasteiger partial charge is 0.480 e. The van der Waals surface area contributed by atoms with Crippen molar-refractivity contribution in [1.29, 1.82) is 0 Å². The normalized spacial score (nSPS) is 13.9. The number of carbonyl (C=O) groups excluding carboxylic acids is 2. The van der Waals surface area contributed by atoms with Gasteiger partial charge in [-0.05, 0) is 44.9 Å². The molecular formula is C44H82NO10P. The Balaban J connectivity index is 3.90. The molecule has 0 aromatic carbocycles. The lowest BCUT2D eigenvalue weighted by molar-refractivity contribution is -0.147. The molecular weight excluding hydrogens is 733 g/mol. The number of phosphoric ester groups is 1. The van der Waals surface area contributed by atoms with Crippen molar-refractivity contribution in [3.63, 3.8) is 0 Å². The summed E-state index contributed by atoms with van der Waals surface area (Å²) < 4.78 is 26.8. The molecule has 4 N–H and O–H groups in total. The number of aliphatic carboxylic acids is 1. The fraction of sp³-hybridized carbons (Fsp3) is 0.841. The van der Waals surface area contributed by atoms with Crippen molar-refractivity contribution < 1.29 is 47.8 Å². The Hall–Kier alpha value is -2.04. The van der Waals surface area contributed by atoms with Gasteiger partial charge in [-0.3, -0.25) is 18.6 Å². The van der Waals surface area contributed by atoms with E-state index >= 15 is 0 Å². The van der Waals surface area contributed by atoms with Crippen LogP contribution in [-0.2, 0) is 32.7 Å². The van der Waals surface area contributed by atoms with Crippen molar-refractivity contribution in [3.8, 4) is 0 Å². The van der Waals surface area contributed by atoms with Crippen LogP contribution >= 0.6 is 7.82 Å². The first kappa shape index (κ1) is 54.0. The summed E-state index contributed by atoms with van der Waals surface area (Å²) in [6, 6.07) is -1.54. The molecule has 0 aromatic heterocycles. The van der Waals surface area contributed by atoms with Crippen LogP contribution in [0.25, 0.3) is 0 Å². The first-order chi connectivity index (χ1) is 27.1. The molecule has 0 rings (SSSR count). The van der Waals surface area contributed by atoms with Crippen molar-refractivity contribution in [2.75, 3.05) is 19.8 Å². The van der Waals surface area contributed by atoms with Gasteiger partial charge in [0.2, 0.25) is 5.91 Å². The quantitative estimate of drug-likeness (QED) is 0.0201. The van der Waals surface area contributed by atoms with E-state index < -0.39 is 57.6 Å². The highest BCUT2D eigenvalue weighted by atomic mass is 31.2. The van der Waals surface area contributed by atoms with Gasteiger partial charge in [0.05, 0.1) is 13.2 Å². The number of carboxylic acid groups (broad SMARTS) is 1. The molecule has 0 spiro atoms. The number of ether oxygens (including phenoxy) is 1. The van der Waals surface area contributed by atoms with Crippen molar-refractivity contribution in [3.05, 3.63) is 24.3 Å². The molecule has 0 saturated carbocycles. The first-order valence-corrected chi connectivity index (χ1v) is 23.9. The van der Waals surface area contributed by atoms with Gasteiger partial charge in [-0.2, -0.15) is 0 Å². The fourth-order valence-corrected chi connectivity index (χ4v) is 7.00. The molecule has 11 nitrogen and oxygen atoms in total. The number of aliphatic hydroxyl groups is 1. The molecule has 0 saturated heterocycles. The average Bonchev–Trinajstić information content (AvgIpc) is 3.17. The number of unbranched alkanes of at least 4 members (excludes halogenated alkanes) is 24. The number of phosphoric acid groups is 1. The number of carboxylic acids is 1. The zero-order valence-corrected chi connectivity index (χ0v) is 36.3. The number of amides is 1. The van der Waals surface area contributed by atoms with Crippen LogP contribution in [0.3, 0.4) is 0 Å². The SMILES string of the molecule is CCCCCC/C=C\C/C=C\CCCCCCCC(=O)OCC(O)COP(=O)(O)OCC(NC(=O)CCCCCCCCCCCCCCCCCC)C(=O)O. The summed E-state index contributed by atoms with van der Waals surface area (Å²) in [5.74, 6) is -2.38. The molecule has 12 heteroatoms. The van der Waals surface area contributed by atoms with Crippen LogP contribution in [0.1, 0.15) is 206 Å². The van der Waals surface area contributed by atoms with Crippen molar-refractivity contribution in [2.24, 2.45) is 0 Å². The summed E-state index contributed by atoms with van der Waals surface area (Å²) in [5, 5.41) is 21.8. The zero-order valence-electron chi connectivity index (χ0n) is 35.4. The lowest BCUT2D eigenvalue weighted by Gasteiger charge is -2.18. The fourth-order valence-electron chi connectivity index (χ4n) is 6.23. The zero-order chi connectivity index (χ0) is 41.4. The molecule has 3 unspecified atom stereocenters. The number of allylic oxidation sites excluding steroid dienone is 4. The van der Waals surface area contributed by atoms with Crippen LogP contribution < -0.4 is 5.32 Å². The minimum Gasteiger partial charge on any atom is -0.480 e. The monoisotopic (exact) mass is 816 g/mol. The topological polar surface area (TPSA) is 169 Å². The molecule has 0 bridgehead atoms.